The number of nitrogens with zero attached hydrogens (tertiary/aromatic N) is 1. The molecule has 0 aliphatic carbocycles. The minimum Gasteiger partial charge on any atom is -0.408 e. The first-order valence-electron chi connectivity index (χ1n) is 6.67. The highest BCUT2D eigenvalue weighted by Crippen LogP contribution is 2.18. The zero-order valence-corrected chi connectivity index (χ0v) is 11.8. The van der Waals surface area contributed by atoms with Crippen molar-refractivity contribution in [1.29, 1.82) is 0 Å². The number of oxazole rings is 1. The Balaban J connectivity index is 2.03. The molecule has 3 rings (SSSR count). The highest BCUT2D eigenvalue weighted by molar-refractivity contribution is 6.10. The summed E-state index contributed by atoms with van der Waals surface area (Å²) < 4.78 is 19.0. The number of aromatic nitrogens is 1. The van der Waals surface area contributed by atoms with Crippen LogP contribution in [0.3, 0.4) is 0 Å². The average molecular weight is 314 g/mol. The molecule has 23 heavy (non-hydrogen) atoms. The van der Waals surface area contributed by atoms with Gasteiger partial charge in [0.1, 0.15) is 12.4 Å². The molecule has 0 atom stereocenters. The Bertz CT molecular complexity index is 970. The van der Waals surface area contributed by atoms with E-state index < -0.39 is 17.5 Å². The summed E-state index contributed by atoms with van der Waals surface area (Å²) in [5.41, 5.74) is 6.21. The van der Waals surface area contributed by atoms with Crippen molar-refractivity contribution in [3.8, 4) is 0 Å². The normalized spacial score (nSPS) is 10.8. The minimum absolute atomic E-state index is 0.171. The van der Waals surface area contributed by atoms with Crippen molar-refractivity contribution >= 4 is 22.8 Å². The molecule has 0 saturated carbocycles. The fourth-order valence-electron chi connectivity index (χ4n) is 2.28. The Morgan fingerprint density at radius 2 is 1.74 bits per heavy atom. The van der Waals surface area contributed by atoms with Crippen molar-refractivity contribution in [2.75, 3.05) is 0 Å². The third-order valence-electron chi connectivity index (χ3n) is 3.35. The number of primary amides is 1. The van der Waals surface area contributed by atoms with Crippen LogP contribution in [0, 0.1) is 5.82 Å². The molecule has 0 spiro atoms. The van der Waals surface area contributed by atoms with E-state index in [0.29, 0.717) is 11.1 Å². The van der Waals surface area contributed by atoms with Gasteiger partial charge in [0.05, 0.1) is 5.52 Å². The smallest absolute Gasteiger partial charge is 0.408 e. The van der Waals surface area contributed by atoms with E-state index in [1.165, 1.54) is 42.5 Å². The van der Waals surface area contributed by atoms with E-state index in [1.807, 2.05) is 0 Å². The number of carbonyl (C=O) groups excluding carboxylic acids is 2. The highest BCUT2D eigenvalue weighted by Gasteiger charge is 2.15. The van der Waals surface area contributed by atoms with Crippen LogP contribution in [0.1, 0.15) is 15.9 Å². The summed E-state index contributed by atoms with van der Waals surface area (Å²) in [5.74, 6) is -2.19. The van der Waals surface area contributed by atoms with Gasteiger partial charge in [-0.05, 0) is 42.5 Å². The standard InChI is InChI=1S/C16H11FN2O4/c17-11-4-1-9(2-5-11)15(21)10-3-6-12-13(7-10)23-16(22)19(12)8-14(18)20/h1-7H,8H2,(H2,18,20). The molecule has 0 saturated heterocycles. The fraction of sp³-hybridized carbons (Fsp3) is 0.0625. The summed E-state index contributed by atoms with van der Waals surface area (Å²) in [6.07, 6.45) is 0. The van der Waals surface area contributed by atoms with Crippen molar-refractivity contribution in [1.82, 2.24) is 4.57 Å². The Hall–Kier alpha value is -3.22. The summed E-state index contributed by atoms with van der Waals surface area (Å²) in [4.78, 5) is 35.1. The summed E-state index contributed by atoms with van der Waals surface area (Å²) in [6.45, 7) is -0.308. The quantitative estimate of drug-likeness (QED) is 0.737. The molecule has 3 aromatic rings. The molecule has 1 aromatic heterocycles. The lowest BCUT2D eigenvalue weighted by molar-refractivity contribution is -0.118. The zero-order valence-electron chi connectivity index (χ0n) is 11.8. The van der Waals surface area contributed by atoms with Crippen LogP contribution in [0.2, 0.25) is 0 Å². The summed E-state index contributed by atoms with van der Waals surface area (Å²) in [7, 11) is 0. The van der Waals surface area contributed by atoms with Gasteiger partial charge < -0.3 is 10.2 Å². The summed E-state index contributed by atoms with van der Waals surface area (Å²) in [5, 5.41) is 0. The molecule has 2 N–H and O–H groups in total. The lowest BCUT2D eigenvalue weighted by Crippen LogP contribution is -2.24. The number of fused-ring (bicyclic) bond motifs is 1. The van der Waals surface area contributed by atoms with Crippen molar-refractivity contribution in [3.63, 3.8) is 0 Å². The number of halogens is 1. The Labute approximate surface area is 128 Å². The molecule has 0 radical (unpaired) electrons. The summed E-state index contributed by atoms with van der Waals surface area (Å²) >= 11 is 0. The van der Waals surface area contributed by atoms with Gasteiger partial charge in [-0.3, -0.25) is 14.2 Å². The van der Waals surface area contributed by atoms with Crippen LogP contribution in [0.15, 0.2) is 51.7 Å². The molecule has 0 bridgehead atoms. The molecule has 2 aromatic carbocycles. The zero-order chi connectivity index (χ0) is 16.6. The first-order chi connectivity index (χ1) is 11.0. The Kier molecular flexibility index (Phi) is 3.53. The molecule has 1 amide bonds. The van der Waals surface area contributed by atoms with Crippen LogP contribution in [0.25, 0.3) is 11.1 Å². The largest absolute Gasteiger partial charge is 0.420 e. The third-order valence-corrected chi connectivity index (χ3v) is 3.35. The van der Waals surface area contributed by atoms with Crippen LogP contribution >= 0.6 is 0 Å². The van der Waals surface area contributed by atoms with Crippen LogP contribution in [0.4, 0.5) is 4.39 Å². The monoisotopic (exact) mass is 314 g/mol. The van der Waals surface area contributed by atoms with Gasteiger partial charge in [-0.2, -0.15) is 0 Å². The molecule has 0 aliphatic rings. The number of benzene rings is 2. The highest BCUT2D eigenvalue weighted by atomic mass is 19.1. The van der Waals surface area contributed by atoms with E-state index in [-0.39, 0.29) is 23.5 Å². The van der Waals surface area contributed by atoms with E-state index in [0.717, 1.165) is 4.57 Å². The van der Waals surface area contributed by atoms with Gasteiger partial charge in [-0.25, -0.2) is 9.18 Å². The molecule has 0 fully saturated rings. The SMILES string of the molecule is NC(=O)Cn1c(=O)oc2cc(C(=O)c3ccc(F)cc3)ccc21. The van der Waals surface area contributed by atoms with E-state index in [2.05, 4.69) is 0 Å². The van der Waals surface area contributed by atoms with Gasteiger partial charge >= 0.3 is 5.76 Å². The van der Waals surface area contributed by atoms with Crippen LogP contribution < -0.4 is 11.5 Å². The first kappa shape index (κ1) is 14.7. The van der Waals surface area contributed by atoms with Crippen molar-refractivity contribution in [2.24, 2.45) is 5.73 Å². The molecule has 7 heteroatoms. The van der Waals surface area contributed by atoms with E-state index in [9.17, 15) is 18.8 Å². The topological polar surface area (TPSA) is 95.3 Å². The van der Waals surface area contributed by atoms with E-state index >= 15 is 0 Å². The Morgan fingerprint density at radius 3 is 2.39 bits per heavy atom. The predicted octanol–water partition coefficient (Wildman–Crippen LogP) is 1.45. The number of rotatable bonds is 4. The van der Waals surface area contributed by atoms with Gasteiger partial charge in [0.25, 0.3) is 0 Å². The van der Waals surface area contributed by atoms with Crippen molar-refractivity contribution < 1.29 is 18.4 Å². The van der Waals surface area contributed by atoms with Crippen LogP contribution in [-0.4, -0.2) is 16.3 Å². The molecule has 116 valence electrons. The van der Waals surface area contributed by atoms with E-state index in [4.69, 9.17) is 10.2 Å². The average Bonchev–Trinajstić information content (AvgIpc) is 2.82. The number of hydrogen-bond acceptors (Lipinski definition) is 4. The predicted molar refractivity (Wildman–Crippen MR) is 79.5 cm³/mol. The second-order valence-electron chi connectivity index (χ2n) is 4.94. The maximum absolute atomic E-state index is 12.9. The second-order valence-corrected chi connectivity index (χ2v) is 4.94. The minimum atomic E-state index is -0.731. The Morgan fingerprint density at radius 1 is 1.09 bits per heavy atom. The van der Waals surface area contributed by atoms with Crippen LogP contribution in [-0.2, 0) is 11.3 Å². The van der Waals surface area contributed by atoms with E-state index in [1.54, 1.807) is 0 Å². The lowest BCUT2D eigenvalue weighted by atomic mass is 10.0. The van der Waals surface area contributed by atoms with Gasteiger partial charge in [0.2, 0.25) is 5.91 Å². The molecule has 0 unspecified atom stereocenters. The van der Waals surface area contributed by atoms with Gasteiger partial charge in [0.15, 0.2) is 11.4 Å². The number of amides is 1. The molecular weight excluding hydrogens is 303 g/mol. The fourth-order valence-corrected chi connectivity index (χ4v) is 2.28. The van der Waals surface area contributed by atoms with Gasteiger partial charge in [0, 0.05) is 11.1 Å². The molecule has 0 aliphatic heterocycles. The van der Waals surface area contributed by atoms with Gasteiger partial charge in [-0.15, -0.1) is 0 Å². The maximum atomic E-state index is 12.9. The van der Waals surface area contributed by atoms with Gasteiger partial charge in [-0.1, -0.05) is 0 Å². The van der Waals surface area contributed by atoms with Crippen LogP contribution in [0.5, 0.6) is 0 Å². The lowest BCUT2D eigenvalue weighted by Gasteiger charge is -2.02. The molecule has 1 heterocycles. The number of nitrogens with two attached hydrogens (primary N) is 1. The number of ketones is 1. The summed E-state index contributed by atoms with van der Waals surface area (Å²) in [6, 6.07) is 9.53. The molecule has 6 nitrogen and oxygen atoms in total. The first-order valence-corrected chi connectivity index (χ1v) is 6.67. The van der Waals surface area contributed by atoms with Crippen molar-refractivity contribution in [3.05, 3.63) is 70.0 Å². The maximum Gasteiger partial charge on any atom is 0.420 e. The van der Waals surface area contributed by atoms with Crippen molar-refractivity contribution in [2.45, 2.75) is 6.54 Å². The number of hydrogen-bond donors (Lipinski definition) is 1. The number of carbonyl (C=O) groups is 2. The third kappa shape index (κ3) is 2.76. The second kappa shape index (κ2) is 5.53. The molecular formula is C16H11FN2O4.